The summed E-state index contributed by atoms with van der Waals surface area (Å²) in [4.78, 5) is 23.2. The van der Waals surface area contributed by atoms with Gasteiger partial charge in [-0.25, -0.2) is 4.79 Å². The predicted octanol–water partition coefficient (Wildman–Crippen LogP) is 1.50. The summed E-state index contributed by atoms with van der Waals surface area (Å²) in [5.74, 6) is -0.427. The molecule has 6 nitrogen and oxygen atoms in total. The molecule has 1 aromatic carbocycles. The molecule has 0 radical (unpaired) electrons. The summed E-state index contributed by atoms with van der Waals surface area (Å²) in [5, 5.41) is 2.70. The van der Waals surface area contributed by atoms with Gasteiger partial charge in [0.15, 0.2) is 12.7 Å². The van der Waals surface area contributed by atoms with E-state index in [4.69, 9.17) is 15.2 Å². The number of benzene rings is 1. The number of esters is 1. The van der Waals surface area contributed by atoms with E-state index in [1.807, 2.05) is 6.92 Å². The Morgan fingerprint density at radius 2 is 2.14 bits per heavy atom. The van der Waals surface area contributed by atoms with Crippen LogP contribution in [-0.2, 0) is 14.3 Å². The predicted molar refractivity (Wildman–Crippen MR) is 79.8 cm³/mol. The highest BCUT2D eigenvalue weighted by Crippen LogP contribution is 2.14. The summed E-state index contributed by atoms with van der Waals surface area (Å²) in [7, 11) is 0. The quantitative estimate of drug-likeness (QED) is 0.431. The molecule has 0 saturated carbocycles. The summed E-state index contributed by atoms with van der Waals surface area (Å²) in [6.45, 7) is 3.87. The van der Waals surface area contributed by atoms with Crippen LogP contribution in [0.2, 0.25) is 0 Å². The fraction of sp³-hybridized carbons (Fsp3) is 0.467. The zero-order valence-electron chi connectivity index (χ0n) is 12.4. The van der Waals surface area contributed by atoms with Gasteiger partial charge < -0.3 is 20.5 Å². The standard InChI is InChI=1S/C15H22N2O4/c1-3-4-8-17-15(19)11(2)21-14(18)10-20-13-7-5-6-12(16)9-13/h5-7,9,11H,3-4,8,10,16H2,1-2H3,(H,17,19). The van der Waals surface area contributed by atoms with Crippen LogP contribution in [0.15, 0.2) is 24.3 Å². The molecule has 1 atom stereocenters. The van der Waals surface area contributed by atoms with Gasteiger partial charge in [-0.15, -0.1) is 0 Å². The van der Waals surface area contributed by atoms with E-state index in [2.05, 4.69) is 5.32 Å². The van der Waals surface area contributed by atoms with Gasteiger partial charge in [0.2, 0.25) is 0 Å². The third-order valence-corrected chi connectivity index (χ3v) is 2.72. The Kier molecular flexibility index (Phi) is 7.08. The van der Waals surface area contributed by atoms with Crippen LogP contribution in [0.4, 0.5) is 5.69 Å². The highest BCUT2D eigenvalue weighted by molar-refractivity contribution is 5.83. The van der Waals surface area contributed by atoms with E-state index in [1.54, 1.807) is 24.3 Å². The van der Waals surface area contributed by atoms with E-state index in [0.717, 1.165) is 12.8 Å². The van der Waals surface area contributed by atoms with Gasteiger partial charge in [-0.3, -0.25) is 4.79 Å². The number of hydrogen-bond donors (Lipinski definition) is 2. The molecule has 0 saturated heterocycles. The lowest BCUT2D eigenvalue weighted by molar-refractivity contribution is -0.156. The van der Waals surface area contributed by atoms with E-state index in [-0.39, 0.29) is 12.5 Å². The van der Waals surface area contributed by atoms with Crippen LogP contribution in [0.25, 0.3) is 0 Å². The molecule has 116 valence electrons. The Bertz CT molecular complexity index is 476. The Morgan fingerprint density at radius 1 is 1.38 bits per heavy atom. The zero-order valence-corrected chi connectivity index (χ0v) is 12.4. The van der Waals surface area contributed by atoms with E-state index >= 15 is 0 Å². The van der Waals surface area contributed by atoms with Gasteiger partial charge in [0.25, 0.3) is 5.91 Å². The van der Waals surface area contributed by atoms with Gasteiger partial charge >= 0.3 is 5.97 Å². The minimum atomic E-state index is -0.834. The van der Waals surface area contributed by atoms with Crippen LogP contribution in [0, 0.1) is 0 Å². The van der Waals surface area contributed by atoms with Gasteiger partial charge in [0, 0.05) is 18.3 Å². The monoisotopic (exact) mass is 294 g/mol. The summed E-state index contributed by atoms with van der Waals surface area (Å²) in [5.41, 5.74) is 6.14. The fourth-order valence-electron chi connectivity index (χ4n) is 1.56. The van der Waals surface area contributed by atoms with Gasteiger partial charge in [-0.1, -0.05) is 19.4 Å². The fourth-order valence-corrected chi connectivity index (χ4v) is 1.56. The molecule has 0 heterocycles. The second-order valence-corrected chi connectivity index (χ2v) is 4.64. The molecular weight excluding hydrogens is 272 g/mol. The number of nitrogens with one attached hydrogen (secondary N) is 1. The number of nitrogen functional groups attached to an aromatic ring is 1. The molecule has 0 aromatic heterocycles. The molecule has 1 amide bonds. The topological polar surface area (TPSA) is 90.6 Å². The lowest BCUT2D eigenvalue weighted by Gasteiger charge is -2.13. The van der Waals surface area contributed by atoms with Gasteiger partial charge in [0.05, 0.1) is 0 Å². The third kappa shape index (κ3) is 6.65. The minimum Gasteiger partial charge on any atom is -0.482 e. The summed E-state index contributed by atoms with van der Waals surface area (Å²) in [6, 6.07) is 6.73. The maximum atomic E-state index is 11.6. The van der Waals surface area contributed by atoms with Crippen molar-refractivity contribution in [3.05, 3.63) is 24.3 Å². The van der Waals surface area contributed by atoms with Crippen LogP contribution in [0.3, 0.4) is 0 Å². The maximum absolute atomic E-state index is 11.6. The van der Waals surface area contributed by atoms with E-state index in [9.17, 15) is 9.59 Å². The highest BCUT2D eigenvalue weighted by Gasteiger charge is 2.17. The molecule has 0 aliphatic heterocycles. The van der Waals surface area contributed by atoms with Gasteiger partial charge in [-0.2, -0.15) is 0 Å². The summed E-state index contributed by atoms with van der Waals surface area (Å²) >= 11 is 0. The molecule has 3 N–H and O–H groups in total. The maximum Gasteiger partial charge on any atom is 0.344 e. The molecule has 1 unspecified atom stereocenters. The number of carbonyl (C=O) groups is 2. The van der Waals surface area contributed by atoms with Crippen molar-refractivity contribution in [1.29, 1.82) is 0 Å². The first kappa shape index (κ1) is 16.8. The van der Waals surface area contributed by atoms with Gasteiger partial charge in [-0.05, 0) is 25.5 Å². The van der Waals surface area contributed by atoms with Crippen LogP contribution in [-0.4, -0.2) is 31.1 Å². The normalized spacial score (nSPS) is 11.5. The van der Waals surface area contributed by atoms with Crippen LogP contribution >= 0.6 is 0 Å². The van der Waals surface area contributed by atoms with Crippen molar-refractivity contribution in [2.45, 2.75) is 32.8 Å². The van der Waals surface area contributed by atoms with Crippen molar-refractivity contribution < 1.29 is 19.1 Å². The molecule has 1 rings (SSSR count). The average molecular weight is 294 g/mol. The van der Waals surface area contributed by atoms with Gasteiger partial charge in [0.1, 0.15) is 5.75 Å². The van der Waals surface area contributed by atoms with Crippen molar-refractivity contribution in [2.75, 3.05) is 18.9 Å². The Hall–Kier alpha value is -2.24. The summed E-state index contributed by atoms with van der Waals surface area (Å²) < 4.78 is 10.2. The van der Waals surface area contributed by atoms with Crippen molar-refractivity contribution in [3.63, 3.8) is 0 Å². The Morgan fingerprint density at radius 3 is 2.81 bits per heavy atom. The molecular formula is C15H22N2O4. The number of amides is 1. The summed E-state index contributed by atoms with van der Waals surface area (Å²) in [6.07, 6.45) is 1.05. The number of carbonyl (C=O) groups excluding carboxylic acids is 2. The third-order valence-electron chi connectivity index (χ3n) is 2.72. The average Bonchev–Trinajstić information content (AvgIpc) is 2.45. The second kappa shape index (κ2) is 8.84. The molecule has 0 aliphatic rings. The minimum absolute atomic E-state index is 0.268. The first-order valence-corrected chi connectivity index (χ1v) is 6.98. The SMILES string of the molecule is CCCCNC(=O)C(C)OC(=O)COc1cccc(N)c1. The van der Waals surface area contributed by atoms with Crippen LogP contribution in [0.5, 0.6) is 5.75 Å². The van der Waals surface area contributed by atoms with Crippen molar-refractivity contribution >= 4 is 17.6 Å². The largest absolute Gasteiger partial charge is 0.482 e. The smallest absolute Gasteiger partial charge is 0.344 e. The molecule has 0 fully saturated rings. The van der Waals surface area contributed by atoms with Crippen LogP contribution < -0.4 is 15.8 Å². The Balaban J connectivity index is 2.31. The van der Waals surface area contributed by atoms with Crippen molar-refractivity contribution in [2.24, 2.45) is 0 Å². The lowest BCUT2D eigenvalue weighted by Crippen LogP contribution is -2.37. The highest BCUT2D eigenvalue weighted by atomic mass is 16.6. The molecule has 6 heteroatoms. The second-order valence-electron chi connectivity index (χ2n) is 4.64. The van der Waals surface area contributed by atoms with E-state index < -0.39 is 12.1 Å². The van der Waals surface area contributed by atoms with E-state index in [0.29, 0.717) is 18.0 Å². The number of rotatable bonds is 8. The zero-order chi connectivity index (χ0) is 15.7. The molecule has 0 bridgehead atoms. The number of anilines is 1. The molecule has 0 spiro atoms. The van der Waals surface area contributed by atoms with Crippen molar-refractivity contribution in [3.8, 4) is 5.75 Å². The number of hydrogen-bond acceptors (Lipinski definition) is 5. The lowest BCUT2D eigenvalue weighted by atomic mass is 10.3. The number of ether oxygens (including phenoxy) is 2. The first-order valence-electron chi connectivity index (χ1n) is 6.98. The first-order chi connectivity index (χ1) is 10.0. The molecule has 0 aliphatic carbocycles. The van der Waals surface area contributed by atoms with E-state index in [1.165, 1.54) is 6.92 Å². The van der Waals surface area contributed by atoms with Crippen LogP contribution in [0.1, 0.15) is 26.7 Å². The number of unbranched alkanes of at least 4 members (excludes halogenated alkanes) is 1. The Labute approximate surface area is 124 Å². The molecule has 21 heavy (non-hydrogen) atoms. The number of nitrogens with two attached hydrogens (primary N) is 1. The van der Waals surface area contributed by atoms with Crippen molar-refractivity contribution in [1.82, 2.24) is 5.32 Å². The molecule has 1 aromatic rings.